The van der Waals surface area contributed by atoms with Crippen molar-refractivity contribution in [2.75, 3.05) is 23.3 Å². The van der Waals surface area contributed by atoms with Crippen molar-refractivity contribution in [3.8, 4) is 16.4 Å². The van der Waals surface area contributed by atoms with Crippen molar-refractivity contribution >= 4 is 39.0 Å². The van der Waals surface area contributed by atoms with Crippen molar-refractivity contribution in [1.82, 2.24) is 24.7 Å². The van der Waals surface area contributed by atoms with Crippen LogP contribution in [0.2, 0.25) is 0 Å². The van der Waals surface area contributed by atoms with Crippen LogP contribution >= 0.6 is 11.3 Å². The van der Waals surface area contributed by atoms with E-state index in [1.165, 1.54) is 16.6 Å². The molecule has 5 aromatic rings. The Hall–Kier alpha value is -4.11. The fourth-order valence-corrected chi connectivity index (χ4v) is 5.04. The number of carbonyl (C=O) groups is 1. The highest BCUT2D eigenvalue weighted by Crippen LogP contribution is 2.31. The summed E-state index contributed by atoms with van der Waals surface area (Å²) in [6.07, 6.45) is 5.06. The minimum absolute atomic E-state index is 0.0146. The van der Waals surface area contributed by atoms with E-state index in [0.717, 1.165) is 27.6 Å². The summed E-state index contributed by atoms with van der Waals surface area (Å²) in [5.41, 5.74) is 4.07. The Morgan fingerprint density at radius 3 is 2.68 bits per heavy atom. The number of amides is 1. The number of fused-ring (bicyclic) bond motifs is 1. The van der Waals surface area contributed by atoms with E-state index in [-0.39, 0.29) is 11.8 Å². The van der Waals surface area contributed by atoms with Crippen molar-refractivity contribution < 1.29 is 4.79 Å². The van der Waals surface area contributed by atoms with Crippen molar-refractivity contribution in [1.29, 1.82) is 0 Å². The Morgan fingerprint density at radius 2 is 1.88 bits per heavy atom. The van der Waals surface area contributed by atoms with Gasteiger partial charge in [-0.2, -0.15) is 5.10 Å². The standard InChI is InChI=1S/C25H21N7OS/c1-16-3-8-20-21(11-16)34-25(30-20)17-4-6-19(7-5-17)29-24(33)18-13-31(14-18)22-12-23(27-15-26-22)32-10-2-9-28-32/h2-12,15,18H,13-14H2,1H3,(H,29,33). The minimum atomic E-state index is -0.0877. The van der Waals surface area contributed by atoms with Crippen LogP contribution in [0.4, 0.5) is 11.5 Å². The van der Waals surface area contributed by atoms with E-state index < -0.39 is 0 Å². The van der Waals surface area contributed by atoms with Gasteiger partial charge in [0.2, 0.25) is 5.91 Å². The molecule has 0 aliphatic carbocycles. The average molecular weight is 468 g/mol. The summed E-state index contributed by atoms with van der Waals surface area (Å²) >= 11 is 1.68. The van der Waals surface area contributed by atoms with E-state index in [4.69, 9.17) is 4.98 Å². The van der Waals surface area contributed by atoms with Gasteiger partial charge in [-0.3, -0.25) is 4.79 Å². The predicted molar refractivity (Wildman–Crippen MR) is 133 cm³/mol. The van der Waals surface area contributed by atoms with Crippen LogP contribution in [0.25, 0.3) is 26.6 Å². The molecular weight excluding hydrogens is 446 g/mol. The number of anilines is 2. The SMILES string of the molecule is Cc1ccc2nc(-c3ccc(NC(=O)C4CN(c5cc(-n6cccn6)ncn5)C4)cc3)sc2c1. The number of benzene rings is 2. The number of hydrogen-bond acceptors (Lipinski definition) is 7. The molecule has 9 heteroatoms. The normalized spacial score (nSPS) is 13.7. The lowest BCUT2D eigenvalue weighted by Gasteiger charge is -2.39. The second kappa shape index (κ2) is 8.35. The number of rotatable bonds is 5. The quantitative estimate of drug-likeness (QED) is 0.414. The first-order chi connectivity index (χ1) is 16.6. The van der Waals surface area contributed by atoms with Crippen LogP contribution in [-0.2, 0) is 4.79 Å². The number of hydrogen-bond donors (Lipinski definition) is 1. The first-order valence-electron chi connectivity index (χ1n) is 11.0. The van der Waals surface area contributed by atoms with Gasteiger partial charge in [-0.1, -0.05) is 6.07 Å². The maximum absolute atomic E-state index is 12.7. The predicted octanol–water partition coefficient (Wildman–Crippen LogP) is 4.32. The number of nitrogens with one attached hydrogen (secondary N) is 1. The molecule has 4 heterocycles. The molecule has 34 heavy (non-hydrogen) atoms. The van der Waals surface area contributed by atoms with Gasteiger partial charge >= 0.3 is 0 Å². The van der Waals surface area contributed by atoms with Crippen LogP contribution in [-0.4, -0.2) is 43.7 Å². The van der Waals surface area contributed by atoms with Crippen molar-refractivity contribution in [2.45, 2.75) is 6.92 Å². The van der Waals surface area contributed by atoms with Crippen molar-refractivity contribution in [3.05, 3.63) is 78.9 Å². The largest absolute Gasteiger partial charge is 0.355 e. The number of nitrogens with zero attached hydrogens (tertiary/aromatic N) is 6. The van der Waals surface area contributed by atoms with Gasteiger partial charge in [0.05, 0.1) is 16.1 Å². The molecule has 1 aliphatic rings. The van der Waals surface area contributed by atoms with Gasteiger partial charge in [0.25, 0.3) is 0 Å². The summed E-state index contributed by atoms with van der Waals surface area (Å²) in [5.74, 6) is 1.42. The van der Waals surface area contributed by atoms with Gasteiger partial charge in [0.1, 0.15) is 17.2 Å². The Balaban J connectivity index is 1.08. The minimum Gasteiger partial charge on any atom is -0.355 e. The molecule has 1 amide bonds. The van der Waals surface area contributed by atoms with E-state index in [9.17, 15) is 4.79 Å². The number of carbonyl (C=O) groups excluding carboxylic acids is 1. The fraction of sp³-hybridized carbons (Fsp3) is 0.160. The molecule has 2 aromatic carbocycles. The summed E-state index contributed by atoms with van der Waals surface area (Å²) in [4.78, 5) is 28.1. The Bertz CT molecular complexity index is 1470. The molecule has 3 aromatic heterocycles. The lowest BCUT2D eigenvalue weighted by molar-refractivity contribution is -0.120. The summed E-state index contributed by atoms with van der Waals surface area (Å²) in [5, 5.41) is 8.21. The zero-order valence-corrected chi connectivity index (χ0v) is 19.2. The molecule has 1 fully saturated rings. The summed E-state index contributed by atoms with van der Waals surface area (Å²) in [7, 11) is 0. The molecule has 0 bridgehead atoms. The molecule has 6 rings (SSSR count). The fourth-order valence-electron chi connectivity index (χ4n) is 3.97. The van der Waals surface area contributed by atoms with Crippen LogP contribution < -0.4 is 10.2 Å². The van der Waals surface area contributed by atoms with Crippen LogP contribution in [0, 0.1) is 12.8 Å². The van der Waals surface area contributed by atoms with Crippen LogP contribution in [0.1, 0.15) is 5.56 Å². The molecule has 0 saturated carbocycles. The lowest BCUT2D eigenvalue weighted by atomic mass is 9.99. The molecule has 0 atom stereocenters. The third-order valence-corrected chi connectivity index (χ3v) is 6.96. The third kappa shape index (κ3) is 3.90. The maximum Gasteiger partial charge on any atom is 0.231 e. The van der Waals surface area contributed by atoms with E-state index in [1.54, 1.807) is 22.2 Å². The molecule has 0 unspecified atom stereocenters. The smallest absolute Gasteiger partial charge is 0.231 e. The first kappa shape index (κ1) is 20.5. The molecule has 0 spiro atoms. The van der Waals surface area contributed by atoms with E-state index >= 15 is 0 Å². The highest BCUT2D eigenvalue weighted by atomic mass is 32.1. The number of aromatic nitrogens is 5. The molecular formula is C25H21N7OS. The van der Waals surface area contributed by atoms with E-state index in [0.29, 0.717) is 18.9 Å². The van der Waals surface area contributed by atoms with Crippen LogP contribution in [0.3, 0.4) is 0 Å². The summed E-state index contributed by atoms with van der Waals surface area (Å²) < 4.78 is 2.87. The van der Waals surface area contributed by atoms with Gasteiger partial charge in [0.15, 0.2) is 5.82 Å². The van der Waals surface area contributed by atoms with E-state index in [2.05, 4.69) is 50.4 Å². The number of thiazole rings is 1. The van der Waals surface area contributed by atoms with Gasteiger partial charge in [-0.15, -0.1) is 11.3 Å². The van der Waals surface area contributed by atoms with Crippen molar-refractivity contribution in [3.63, 3.8) is 0 Å². The van der Waals surface area contributed by atoms with Gasteiger partial charge in [-0.25, -0.2) is 19.6 Å². The second-order valence-electron chi connectivity index (χ2n) is 8.34. The van der Waals surface area contributed by atoms with Crippen LogP contribution in [0.5, 0.6) is 0 Å². The second-order valence-corrected chi connectivity index (χ2v) is 9.37. The highest BCUT2D eigenvalue weighted by molar-refractivity contribution is 7.21. The molecule has 168 valence electrons. The molecule has 1 aliphatic heterocycles. The molecule has 8 nitrogen and oxygen atoms in total. The topological polar surface area (TPSA) is 88.8 Å². The van der Waals surface area contributed by atoms with E-state index in [1.807, 2.05) is 42.6 Å². The zero-order valence-electron chi connectivity index (χ0n) is 18.4. The monoisotopic (exact) mass is 467 g/mol. The third-order valence-electron chi connectivity index (χ3n) is 5.90. The van der Waals surface area contributed by atoms with Gasteiger partial charge in [0, 0.05) is 42.8 Å². The number of aryl methyl sites for hydroxylation is 1. The summed E-state index contributed by atoms with van der Waals surface area (Å²) in [6.45, 7) is 3.32. The lowest BCUT2D eigenvalue weighted by Crippen LogP contribution is -2.52. The first-order valence-corrected chi connectivity index (χ1v) is 11.8. The van der Waals surface area contributed by atoms with Gasteiger partial charge in [-0.05, 0) is 55.0 Å². The van der Waals surface area contributed by atoms with Gasteiger partial charge < -0.3 is 10.2 Å². The van der Waals surface area contributed by atoms with Crippen molar-refractivity contribution in [2.24, 2.45) is 5.92 Å². The van der Waals surface area contributed by atoms with Crippen LogP contribution in [0.15, 0.2) is 73.3 Å². The Kier molecular flexibility index (Phi) is 5.03. The zero-order chi connectivity index (χ0) is 23.1. The highest BCUT2D eigenvalue weighted by Gasteiger charge is 2.33. The Labute approximate surface area is 199 Å². The Morgan fingerprint density at radius 1 is 1.06 bits per heavy atom. The average Bonchev–Trinajstić information content (AvgIpc) is 3.49. The molecule has 0 radical (unpaired) electrons. The summed E-state index contributed by atoms with van der Waals surface area (Å²) in [6, 6.07) is 17.9. The maximum atomic E-state index is 12.7. The molecule has 1 saturated heterocycles. The molecule has 1 N–H and O–H groups in total.